The molecule has 1 aromatic heterocycles. The number of carboxylic acids is 2. The van der Waals surface area contributed by atoms with E-state index < -0.39 is 41.5 Å². The van der Waals surface area contributed by atoms with Gasteiger partial charge in [0.15, 0.2) is 0 Å². The zero-order valence-corrected chi connectivity index (χ0v) is 21.0. The smallest absolute Gasteiger partial charge is 0.352 e. The van der Waals surface area contributed by atoms with Crippen molar-refractivity contribution in [1.82, 2.24) is 20.1 Å². The molecule has 0 spiro atoms. The van der Waals surface area contributed by atoms with Crippen molar-refractivity contribution in [2.75, 3.05) is 13.6 Å². The van der Waals surface area contributed by atoms with Crippen LogP contribution in [0.1, 0.15) is 27.0 Å². The molecule has 3 aromatic rings. The first-order valence-electron chi connectivity index (χ1n) is 12.1. The number of nitrogens with zero attached hydrogens (tertiary/aromatic N) is 2. The minimum Gasteiger partial charge on any atom is -0.478 e. The van der Waals surface area contributed by atoms with Crippen molar-refractivity contribution >= 4 is 40.7 Å². The minimum absolute atomic E-state index is 0.0203. The number of aromatic nitrogens is 1. The molecule has 1 saturated heterocycles. The number of nitrogens with one attached hydrogen (secondary N) is 2. The van der Waals surface area contributed by atoms with Crippen molar-refractivity contribution in [3.63, 3.8) is 0 Å². The van der Waals surface area contributed by atoms with Crippen LogP contribution in [0.3, 0.4) is 0 Å². The predicted octanol–water partition coefficient (Wildman–Crippen LogP) is 1.46. The number of benzene rings is 2. The second-order valence-corrected chi connectivity index (χ2v) is 9.06. The second kappa shape index (κ2) is 11.2. The first kappa shape index (κ1) is 27.1. The van der Waals surface area contributed by atoms with E-state index in [9.17, 15) is 29.1 Å². The van der Waals surface area contributed by atoms with Gasteiger partial charge in [-0.05, 0) is 47.9 Å². The third-order valence-corrected chi connectivity index (χ3v) is 6.51. The van der Waals surface area contributed by atoms with Crippen molar-refractivity contribution in [3.8, 4) is 0 Å². The number of nitrogens with two attached hydrogens (primary N) is 1. The van der Waals surface area contributed by atoms with Gasteiger partial charge in [0.2, 0.25) is 0 Å². The molecular weight excluding hydrogens is 506 g/mol. The molecule has 1 unspecified atom stereocenters. The van der Waals surface area contributed by atoms with Crippen LogP contribution in [0.15, 0.2) is 60.4 Å². The number of hydrogen-bond donors (Lipinski definition) is 5. The molecule has 2 heterocycles. The fraction of sp³-hybridized carbons (Fsp3) is 0.222. The summed E-state index contributed by atoms with van der Waals surface area (Å²) >= 11 is 0. The third kappa shape index (κ3) is 5.65. The Bertz CT molecular complexity index is 1510. The van der Waals surface area contributed by atoms with Crippen LogP contribution < -0.4 is 11.1 Å². The van der Waals surface area contributed by atoms with Crippen LogP contribution in [0, 0.1) is 0 Å². The van der Waals surface area contributed by atoms with Crippen molar-refractivity contribution < 1.29 is 34.2 Å². The van der Waals surface area contributed by atoms with Gasteiger partial charge in [0, 0.05) is 36.1 Å². The van der Waals surface area contributed by atoms with E-state index in [0.29, 0.717) is 29.5 Å². The SMILES string of the molecule is CN(C(=O)c1ccccc1CN1C(=O)NC(Cc2ccc3[nH]cc(CCN)c3c2)C1=O)/C(=C/C(=O)O)C(=O)O. The van der Waals surface area contributed by atoms with E-state index in [4.69, 9.17) is 10.8 Å². The summed E-state index contributed by atoms with van der Waals surface area (Å²) in [5.41, 5.74) is 8.12. The lowest BCUT2D eigenvalue weighted by atomic mass is 10.0. The summed E-state index contributed by atoms with van der Waals surface area (Å²) in [7, 11) is 1.13. The van der Waals surface area contributed by atoms with Crippen molar-refractivity contribution in [1.29, 1.82) is 0 Å². The number of carbonyl (C=O) groups is 5. The van der Waals surface area contributed by atoms with E-state index in [0.717, 1.165) is 34.0 Å². The first-order valence-corrected chi connectivity index (χ1v) is 12.1. The second-order valence-electron chi connectivity index (χ2n) is 9.06. The normalized spacial score (nSPS) is 15.5. The van der Waals surface area contributed by atoms with E-state index in [2.05, 4.69) is 10.3 Å². The molecule has 0 radical (unpaired) electrons. The van der Waals surface area contributed by atoms with Gasteiger partial charge in [-0.15, -0.1) is 0 Å². The molecule has 1 fully saturated rings. The molecule has 4 amide bonds. The van der Waals surface area contributed by atoms with E-state index in [1.807, 2.05) is 24.4 Å². The van der Waals surface area contributed by atoms with Gasteiger partial charge < -0.3 is 31.1 Å². The summed E-state index contributed by atoms with van der Waals surface area (Å²) < 4.78 is 0. The summed E-state index contributed by atoms with van der Waals surface area (Å²) in [5.74, 6) is -4.41. The molecule has 1 atom stereocenters. The van der Waals surface area contributed by atoms with Gasteiger partial charge in [0.1, 0.15) is 11.7 Å². The van der Waals surface area contributed by atoms with Crippen LogP contribution in [0.25, 0.3) is 10.9 Å². The Labute approximate surface area is 222 Å². The highest BCUT2D eigenvalue weighted by atomic mass is 16.4. The summed E-state index contributed by atoms with van der Waals surface area (Å²) in [6, 6.07) is 10.4. The topological polar surface area (TPSA) is 186 Å². The van der Waals surface area contributed by atoms with E-state index in [1.54, 1.807) is 6.07 Å². The number of fused-ring (bicyclic) bond motifs is 1. The van der Waals surface area contributed by atoms with Gasteiger partial charge in [0.25, 0.3) is 11.8 Å². The van der Waals surface area contributed by atoms with Gasteiger partial charge in [-0.1, -0.05) is 24.3 Å². The van der Waals surface area contributed by atoms with Crippen molar-refractivity contribution in [3.05, 3.63) is 82.7 Å². The average molecular weight is 534 g/mol. The Morgan fingerprint density at radius 3 is 2.54 bits per heavy atom. The van der Waals surface area contributed by atoms with Crippen LogP contribution in [0.2, 0.25) is 0 Å². The number of carboxylic acid groups (broad SMARTS) is 2. The lowest BCUT2D eigenvalue weighted by Crippen LogP contribution is -2.34. The zero-order chi connectivity index (χ0) is 28.3. The number of rotatable bonds is 10. The molecule has 4 rings (SSSR count). The summed E-state index contributed by atoms with van der Waals surface area (Å²) in [4.78, 5) is 66.5. The summed E-state index contributed by atoms with van der Waals surface area (Å²) in [5, 5.41) is 22.0. The zero-order valence-electron chi connectivity index (χ0n) is 21.0. The number of amides is 4. The lowest BCUT2D eigenvalue weighted by Gasteiger charge is -2.21. The van der Waals surface area contributed by atoms with Gasteiger partial charge in [-0.2, -0.15) is 0 Å². The van der Waals surface area contributed by atoms with Gasteiger partial charge in [-0.3, -0.25) is 14.5 Å². The standard InChI is InChI=1S/C27H27N5O7/c1-31(22(26(37)38)12-23(33)34)24(35)18-5-3-2-4-17(18)14-32-25(36)21(30-27(32)39)11-15-6-7-20-19(10-15)16(8-9-28)13-29-20/h2-7,10,12-13,21,29H,8-9,11,14,28H2,1H3,(H,30,39)(H,33,34)(H,37,38)/b22-12+. The summed E-state index contributed by atoms with van der Waals surface area (Å²) in [6.07, 6.45) is 3.27. The molecule has 1 aliphatic heterocycles. The summed E-state index contributed by atoms with van der Waals surface area (Å²) in [6.45, 7) is 0.260. The Morgan fingerprint density at radius 1 is 1.10 bits per heavy atom. The quantitative estimate of drug-likeness (QED) is 0.191. The van der Waals surface area contributed by atoms with Gasteiger partial charge in [0.05, 0.1) is 12.6 Å². The van der Waals surface area contributed by atoms with Gasteiger partial charge >= 0.3 is 18.0 Å². The monoisotopic (exact) mass is 533 g/mol. The number of carbonyl (C=O) groups excluding carboxylic acids is 3. The van der Waals surface area contributed by atoms with Gasteiger partial charge in [-0.25, -0.2) is 14.4 Å². The maximum absolute atomic E-state index is 13.2. The van der Waals surface area contributed by atoms with Crippen molar-refractivity contribution in [2.24, 2.45) is 5.73 Å². The Morgan fingerprint density at radius 2 is 1.85 bits per heavy atom. The van der Waals surface area contributed by atoms with E-state index in [-0.39, 0.29) is 18.5 Å². The van der Waals surface area contributed by atoms with Crippen LogP contribution >= 0.6 is 0 Å². The maximum atomic E-state index is 13.2. The van der Waals surface area contributed by atoms with Crippen LogP contribution in [-0.2, 0) is 33.8 Å². The average Bonchev–Trinajstić information content (AvgIpc) is 3.42. The third-order valence-electron chi connectivity index (χ3n) is 6.51. The number of likely N-dealkylation sites (N-methyl/N-ethyl adjacent to an activating group) is 1. The predicted molar refractivity (Wildman–Crippen MR) is 140 cm³/mol. The fourth-order valence-electron chi connectivity index (χ4n) is 4.56. The number of urea groups is 1. The van der Waals surface area contributed by atoms with E-state index in [1.165, 1.54) is 18.2 Å². The van der Waals surface area contributed by atoms with Crippen LogP contribution in [-0.4, -0.2) is 74.4 Å². The minimum atomic E-state index is -1.60. The molecule has 0 bridgehead atoms. The molecule has 1 aliphatic rings. The molecule has 0 saturated carbocycles. The Kier molecular flexibility index (Phi) is 7.77. The molecule has 12 heteroatoms. The maximum Gasteiger partial charge on any atom is 0.352 e. The molecule has 6 N–H and O–H groups in total. The van der Waals surface area contributed by atoms with Crippen LogP contribution in [0.4, 0.5) is 4.79 Å². The Hall–Kier alpha value is -4.97. The highest BCUT2D eigenvalue weighted by molar-refractivity contribution is 6.06. The largest absolute Gasteiger partial charge is 0.478 e. The number of hydrogen-bond acceptors (Lipinski definition) is 6. The van der Waals surface area contributed by atoms with E-state index >= 15 is 0 Å². The number of aliphatic carboxylic acids is 2. The number of aromatic amines is 1. The first-order chi connectivity index (χ1) is 18.6. The molecule has 39 heavy (non-hydrogen) atoms. The number of H-pyrrole nitrogens is 1. The molecule has 12 nitrogen and oxygen atoms in total. The molecule has 0 aliphatic carbocycles. The molecule has 2 aromatic carbocycles. The highest BCUT2D eigenvalue weighted by Crippen LogP contribution is 2.23. The van der Waals surface area contributed by atoms with Crippen molar-refractivity contribution in [2.45, 2.75) is 25.4 Å². The fourth-order valence-corrected chi connectivity index (χ4v) is 4.56. The molecular formula is C27H27N5O7. The number of imide groups is 1. The lowest BCUT2D eigenvalue weighted by molar-refractivity contribution is -0.136. The highest BCUT2D eigenvalue weighted by Gasteiger charge is 2.38. The molecule has 202 valence electrons. The Balaban J connectivity index is 1.53. The van der Waals surface area contributed by atoms with Crippen LogP contribution in [0.5, 0.6) is 0 Å².